The Bertz CT molecular complexity index is 901. The van der Waals surface area contributed by atoms with Crippen molar-refractivity contribution in [2.24, 2.45) is 0 Å². The Labute approximate surface area is 162 Å². The highest BCUT2D eigenvalue weighted by Gasteiger charge is 2.30. The number of methoxy groups -OCH3 is 1. The lowest BCUT2D eigenvalue weighted by molar-refractivity contribution is -0.137. The van der Waals surface area contributed by atoms with Crippen molar-refractivity contribution in [3.63, 3.8) is 0 Å². The first-order valence-electron chi connectivity index (χ1n) is 7.56. The molecule has 0 aliphatic heterocycles. The number of aromatic nitrogens is 1. The predicted octanol–water partition coefficient (Wildman–Crippen LogP) is 5.50. The highest BCUT2D eigenvalue weighted by atomic mass is 79.9. The summed E-state index contributed by atoms with van der Waals surface area (Å²) in [7, 11) is 1.47. The monoisotopic (exact) mass is 438 g/mol. The summed E-state index contributed by atoms with van der Waals surface area (Å²) in [5, 5.41) is 9.38. The highest BCUT2D eigenvalue weighted by molar-refractivity contribution is 9.10. The van der Waals surface area contributed by atoms with E-state index < -0.39 is 11.7 Å². The van der Waals surface area contributed by atoms with E-state index in [-0.39, 0.29) is 17.9 Å². The maximum Gasteiger partial charge on any atom is 0.417 e. The minimum Gasteiger partial charge on any atom is -0.493 e. The van der Waals surface area contributed by atoms with Crippen LogP contribution in [0.15, 0.2) is 47.6 Å². The second-order valence-electron chi connectivity index (χ2n) is 5.23. The fourth-order valence-electron chi connectivity index (χ4n) is 2.16. The van der Waals surface area contributed by atoms with E-state index in [1.807, 2.05) is 6.07 Å². The lowest BCUT2D eigenvalue weighted by atomic mass is 10.1. The van der Waals surface area contributed by atoms with Gasteiger partial charge < -0.3 is 9.47 Å². The Morgan fingerprint density at radius 1 is 1.37 bits per heavy atom. The number of benzene rings is 1. The molecule has 1 aromatic heterocycles. The van der Waals surface area contributed by atoms with Gasteiger partial charge in [-0.15, -0.1) is 0 Å². The fraction of sp³-hybridized carbons (Fsp3) is 0.158. The van der Waals surface area contributed by atoms with Crippen LogP contribution in [0.1, 0.15) is 16.8 Å². The fourth-order valence-corrected chi connectivity index (χ4v) is 2.73. The van der Waals surface area contributed by atoms with Crippen LogP contribution in [0.4, 0.5) is 13.2 Å². The van der Waals surface area contributed by atoms with E-state index in [0.29, 0.717) is 27.7 Å². The molecule has 2 rings (SSSR count). The Morgan fingerprint density at radius 2 is 2.11 bits per heavy atom. The number of ether oxygens (including phenoxy) is 2. The molecule has 0 aliphatic rings. The molecule has 0 aliphatic carbocycles. The number of halogens is 4. The summed E-state index contributed by atoms with van der Waals surface area (Å²) in [5.41, 5.74) is -0.0513. The number of hydrogen-bond acceptors (Lipinski definition) is 4. The Kier molecular flexibility index (Phi) is 6.64. The third-order valence-corrected chi connectivity index (χ3v) is 3.98. The molecule has 4 nitrogen and oxygen atoms in total. The normalized spacial score (nSPS) is 11.6. The lowest BCUT2D eigenvalue weighted by Crippen LogP contribution is -2.05. The molecule has 1 heterocycles. The third kappa shape index (κ3) is 5.11. The van der Waals surface area contributed by atoms with Gasteiger partial charge in [-0.05, 0) is 51.8 Å². The van der Waals surface area contributed by atoms with Crippen LogP contribution in [-0.4, -0.2) is 18.7 Å². The van der Waals surface area contributed by atoms with Crippen molar-refractivity contribution in [1.82, 2.24) is 4.98 Å². The van der Waals surface area contributed by atoms with Gasteiger partial charge in [-0.3, -0.25) is 4.98 Å². The van der Waals surface area contributed by atoms with E-state index in [1.54, 1.807) is 18.2 Å². The van der Waals surface area contributed by atoms with E-state index in [4.69, 9.17) is 9.47 Å². The zero-order valence-corrected chi connectivity index (χ0v) is 15.8. The van der Waals surface area contributed by atoms with Gasteiger partial charge in [-0.2, -0.15) is 18.4 Å². The van der Waals surface area contributed by atoms with Crippen molar-refractivity contribution < 1.29 is 22.6 Å². The molecule has 2 aromatic rings. The van der Waals surface area contributed by atoms with E-state index in [0.717, 1.165) is 12.1 Å². The summed E-state index contributed by atoms with van der Waals surface area (Å²) >= 11 is 3.38. The first-order valence-corrected chi connectivity index (χ1v) is 8.36. The van der Waals surface area contributed by atoms with Gasteiger partial charge >= 0.3 is 6.18 Å². The largest absolute Gasteiger partial charge is 0.493 e. The van der Waals surface area contributed by atoms with E-state index in [1.165, 1.54) is 13.2 Å². The summed E-state index contributed by atoms with van der Waals surface area (Å²) in [6.07, 6.45) is -0.700. The molecule has 0 saturated carbocycles. The van der Waals surface area contributed by atoms with Crippen LogP contribution in [0, 0.1) is 11.3 Å². The molecule has 27 heavy (non-hydrogen) atoms. The van der Waals surface area contributed by atoms with Crippen LogP contribution in [-0.2, 0) is 6.18 Å². The van der Waals surface area contributed by atoms with Crippen LogP contribution in [0.2, 0.25) is 0 Å². The van der Waals surface area contributed by atoms with Crippen LogP contribution >= 0.6 is 15.9 Å². The number of rotatable bonds is 6. The quantitative estimate of drug-likeness (QED) is 0.441. The van der Waals surface area contributed by atoms with Gasteiger partial charge in [0.2, 0.25) is 0 Å². The van der Waals surface area contributed by atoms with Gasteiger partial charge in [0, 0.05) is 6.20 Å². The van der Waals surface area contributed by atoms with Crippen molar-refractivity contribution in [3.05, 3.63) is 64.4 Å². The van der Waals surface area contributed by atoms with E-state index in [2.05, 4.69) is 27.5 Å². The van der Waals surface area contributed by atoms with Crippen LogP contribution in [0.25, 0.3) is 11.6 Å². The van der Waals surface area contributed by atoms with E-state index in [9.17, 15) is 18.4 Å². The van der Waals surface area contributed by atoms with Crippen LogP contribution in [0.3, 0.4) is 0 Å². The maximum absolute atomic E-state index is 12.6. The maximum atomic E-state index is 12.6. The standard InChI is InChI=1S/C19H14BrF3N2O2/c1-3-6-27-18-15(20)8-12(9-17(18)26-2)7-13(10-24)16-5-4-14(11-25-16)19(21,22)23/h3-5,7-9,11H,1,6H2,2H3/b13-7+. The number of nitriles is 1. The molecule has 8 heteroatoms. The zero-order chi connectivity index (χ0) is 20.0. The number of nitrogens with zero attached hydrogens (tertiary/aromatic N) is 2. The molecule has 0 bridgehead atoms. The van der Waals surface area contributed by atoms with Gasteiger partial charge in [0.15, 0.2) is 11.5 Å². The summed E-state index contributed by atoms with van der Waals surface area (Å²) in [6.45, 7) is 3.86. The summed E-state index contributed by atoms with van der Waals surface area (Å²) in [5.74, 6) is 0.899. The molecule has 0 amide bonds. The highest BCUT2D eigenvalue weighted by Crippen LogP contribution is 2.37. The molecular weight excluding hydrogens is 425 g/mol. The number of pyridine rings is 1. The minimum absolute atomic E-state index is 0.109. The van der Waals surface area contributed by atoms with Gasteiger partial charge in [0.1, 0.15) is 12.7 Å². The number of alkyl halides is 3. The second kappa shape index (κ2) is 8.73. The molecule has 0 fully saturated rings. The average Bonchev–Trinajstić information content (AvgIpc) is 2.64. The minimum atomic E-state index is -4.48. The van der Waals surface area contributed by atoms with Crippen molar-refractivity contribution in [3.8, 4) is 17.6 Å². The summed E-state index contributed by atoms with van der Waals surface area (Å²) < 4.78 is 49.4. The molecule has 0 saturated heterocycles. The Hall–Kier alpha value is -2.79. The predicted molar refractivity (Wildman–Crippen MR) is 99.1 cm³/mol. The van der Waals surface area contributed by atoms with Crippen molar-refractivity contribution >= 4 is 27.6 Å². The first-order chi connectivity index (χ1) is 12.8. The Morgan fingerprint density at radius 3 is 2.63 bits per heavy atom. The number of hydrogen-bond donors (Lipinski definition) is 0. The number of allylic oxidation sites excluding steroid dienone is 1. The van der Waals surface area contributed by atoms with Crippen LogP contribution in [0.5, 0.6) is 11.5 Å². The smallest absolute Gasteiger partial charge is 0.417 e. The van der Waals surface area contributed by atoms with Gasteiger partial charge in [0.05, 0.1) is 28.4 Å². The van der Waals surface area contributed by atoms with E-state index >= 15 is 0 Å². The lowest BCUT2D eigenvalue weighted by Gasteiger charge is -2.12. The topological polar surface area (TPSA) is 55.1 Å². The van der Waals surface area contributed by atoms with Gasteiger partial charge in [-0.1, -0.05) is 12.7 Å². The second-order valence-corrected chi connectivity index (χ2v) is 6.09. The van der Waals surface area contributed by atoms with Crippen molar-refractivity contribution in [2.45, 2.75) is 6.18 Å². The SMILES string of the molecule is C=CCOc1c(Br)cc(/C=C(\C#N)c2ccc(C(F)(F)F)cn2)cc1OC. The van der Waals surface area contributed by atoms with Gasteiger partial charge in [0.25, 0.3) is 0 Å². The van der Waals surface area contributed by atoms with Crippen molar-refractivity contribution in [2.75, 3.05) is 13.7 Å². The van der Waals surface area contributed by atoms with Crippen molar-refractivity contribution in [1.29, 1.82) is 5.26 Å². The van der Waals surface area contributed by atoms with Gasteiger partial charge in [-0.25, -0.2) is 0 Å². The van der Waals surface area contributed by atoms with Crippen LogP contribution < -0.4 is 9.47 Å². The molecular formula is C19H14BrF3N2O2. The third-order valence-electron chi connectivity index (χ3n) is 3.40. The molecule has 0 atom stereocenters. The average molecular weight is 439 g/mol. The molecule has 0 spiro atoms. The molecule has 140 valence electrons. The Balaban J connectivity index is 2.41. The molecule has 0 radical (unpaired) electrons. The molecule has 0 unspecified atom stereocenters. The summed E-state index contributed by atoms with van der Waals surface area (Å²) in [6, 6.07) is 7.33. The molecule has 1 aromatic carbocycles. The first kappa shape index (κ1) is 20.5. The summed E-state index contributed by atoms with van der Waals surface area (Å²) in [4.78, 5) is 3.75. The zero-order valence-electron chi connectivity index (χ0n) is 14.2. The molecule has 0 N–H and O–H groups in total.